The zero-order chi connectivity index (χ0) is 16.4. The van der Waals surface area contributed by atoms with Crippen molar-refractivity contribution in [3.05, 3.63) is 70.0 Å². The van der Waals surface area contributed by atoms with Crippen LogP contribution in [0.4, 0.5) is 5.69 Å². The van der Waals surface area contributed by atoms with E-state index in [0.717, 1.165) is 0 Å². The number of aromatic amines is 1. The third kappa shape index (κ3) is 2.51. The number of hydrogen-bond acceptors (Lipinski definition) is 4. The molecule has 0 aliphatic carbocycles. The first kappa shape index (κ1) is 14.4. The summed E-state index contributed by atoms with van der Waals surface area (Å²) in [5.41, 5.74) is -0.304. The molecule has 2 aromatic carbocycles. The number of nitrogens with zero attached hydrogens (tertiary/aromatic N) is 1. The molecule has 0 saturated heterocycles. The lowest BCUT2D eigenvalue weighted by molar-refractivity contribution is 0.102. The van der Waals surface area contributed by atoms with Gasteiger partial charge in [-0.25, -0.2) is 0 Å². The van der Waals surface area contributed by atoms with Crippen LogP contribution in [-0.2, 0) is 0 Å². The van der Waals surface area contributed by atoms with Gasteiger partial charge in [0.05, 0.1) is 11.3 Å². The van der Waals surface area contributed by atoms with Crippen LogP contribution in [0.15, 0.2) is 53.3 Å². The Labute approximate surface area is 130 Å². The molecule has 3 N–H and O–H groups in total. The van der Waals surface area contributed by atoms with Crippen molar-refractivity contribution < 1.29 is 9.90 Å². The largest absolute Gasteiger partial charge is 0.506 e. The van der Waals surface area contributed by atoms with Gasteiger partial charge in [-0.15, -0.1) is 0 Å². The molecule has 0 fully saturated rings. The van der Waals surface area contributed by atoms with Gasteiger partial charge in [0.15, 0.2) is 0 Å². The molecule has 1 heterocycles. The van der Waals surface area contributed by atoms with E-state index in [4.69, 9.17) is 0 Å². The minimum atomic E-state index is -0.755. The van der Waals surface area contributed by atoms with Gasteiger partial charge in [0.1, 0.15) is 17.4 Å². The summed E-state index contributed by atoms with van der Waals surface area (Å²) in [5.74, 6) is -0.883. The van der Waals surface area contributed by atoms with Gasteiger partial charge < -0.3 is 15.4 Å². The number of anilines is 1. The third-order valence-corrected chi connectivity index (χ3v) is 3.41. The number of H-pyrrole nitrogens is 1. The van der Waals surface area contributed by atoms with Crippen molar-refractivity contribution in [2.45, 2.75) is 0 Å². The highest BCUT2D eigenvalue weighted by Crippen LogP contribution is 2.23. The van der Waals surface area contributed by atoms with Crippen molar-refractivity contribution in [1.29, 1.82) is 5.26 Å². The van der Waals surface area contributed by atoms with E-state index in [-0.39, 0.29) is 22.6 Å². The van der Waals surface area contributed by atoms with Gasteiger partial charge in [-0.3, -0.25) is 9.59 Å². The molecule has 3 aromatic rings. The Morgan fingerprint density at radius 2 is 1.83 bits per heavy atom. The molecule has 112 valence electrons. The van der Waals surface area contributed by atoms with Crippen molar-refractivity contribution in [3.63, 3.8) is 0 Å². The normalized spacial score (nSPS) is 10.2. The molecule has 6 nitrogen and oxygen atoms in total. The zero-order valence-electron chi connectivity index (χ0n) is 11.8. The van der Waals surface area contributed by atoms with Crippen LogP contribution in [0.3, 0.4) is 0 Å². The molecule has 0 atom stereocenters. The number of phenolic OH excluding ortho intramolecular Hbond substituents is 1. The Morgan fingerprint density at radius 3 is 2.57 bits per heavy atom. The van der Waals surface area contributed by atoms with Gasteiger partial charge in [-0.2, -0.15) is 5.26 Å². The number of nitrogens with one attached hydrogen (secondary N) is 2. The number of aromatic hydroxyl groups is 1. The van der Waals surface area contributed by atoms with Crippen LogP contribution < -0.4 is 10.9 Å². The first-order valence-electron chi connectivity index (χ1n) is 6.76. The number of hydrogen-bond donors (Lipinski definition) is 3. The summed E-state index contributed by atoms with van der Waals surface area (Å²) in [6.07, 6.45) is 0. The average molecular weight is 305 g/mol. The molecule has 1 amide bonds. The van der Waals surface area contributed by atoms with Gasteiger partial charge >= 0.3 is 0 Å². The average Bonchev–Trinajstić information content (AvgIpc) is 2.55. The lowest BCUT2D eigenvalue weighted by Gasteiger charge is -2.09. The quantitative estimate of drug-likeness (QED) is 0.632. The predicted octanol–water partition coefficient (Wildman–Crippen LogP) is 2.36. The highest BCUT2D eigenvalue weighted by atomic mass is 16.3. The summed E-state index contributed by atoms with van der Waals surface area (Å²) in [6, 6.07) is 14.8. The Morgan fingerprint density at radius 1 is 1.13 bits per heavy atom. The third-order valence-electron chi connectivity index (χ3n) is 3.41. The number of amides is 1. The molecule has 0 aliphatic rings. The van der Waals surface area contributed by atoms with Gasteiger partial charge in [0, 0.05) is 10.9 Å². The number of para-hydroxylation sites is 3. The van der Waals surface area contributed by atoms with Crippen molar-refractivity contribution in [2.75, 3.05) is 5.32 Å². The van der Waals surface area contributed by atoms with E-state index in [1.165, 1.54) is 12.1 Å². The maximum absolute atomic E-state index is 12.4. The molecular weight excluding hydrogens is 294 g/mol. The molecule has 23 heavy (non-hydrogen) atoms. The standard InChI is InChI=1S/C17H11N3O3/c18-9-11-10-5-1-2-6-12(10)19-16(22)15(11)17(23)20-13-7-3-4-8-14(13)21/h1-8,21H,(H,19,22)(H,20,23). The van der Waals surface area contributed by atoms with Crippen LogP contribution in [0.25, 0.3) is 10.9 Å². The number of benzene rings is 2. The number of carbonyl (C=O) groups excluding carboxylic acids is 1. The second-order valence-corrected chi connectivity index (χ2v) is 4.83. The van der Waals surface area contributed by atoms with Crippen molar-refractivity contribution in [1.82, 2.24) is 4.98 Å². The molecular formula is C17H11N3O3. The Hall–Kier alpha value is -3.59. The Balaban J connectivity index is 2.15. The molecule has 0 bridgehead atoms. The topological polar surface area (TPSA) is 106 Å². The summed E-state index contributed by atoms with van der Waals surface area (Å²) in [4.78, 5) is 27.2. The van der Waals surface area contributed by atoms with Crippen molar-refractivity contribution in [2.24, 2.45) is 0 Å². The number of pyridine rings is 1. The van der Waals surface area contributed by atoms with E-state index in [1.54, 1.807) is 36.4 Å². The summed E-state index contributed by atoms with van der Waals surface area (Å²) >= 11 is 0. The fraction of sp³-hybridized carbons (Fsp3) is 0. The number of aromatic nitrogens is 1. The summed E-state index contributed by atoms with van der Waals surface area (Å²) in [7, 11) is 0. The summed E-state index contributed by atoms with van der Waals surface area (Å²) < 4.78 is 0. The first-order chi connectivity index (χ1) is 11.1. The second-order valence-electron chi connectivity index (χ2n) is 4.83. The van der Waals surface area contributed by atoms with Gasteiger partial charge in [0.2, 0.25) is 0 Å². The first-order valence-corrected chi connectivity index (χ1v) is 6.76. The van der Waals surface area contributed by atoms with E-state index in [1.807, 2.05) is 6.07 Å². The minimum Gasteiger partial charge on any atom is -0.506 e. The van der Waals surface area contributed by atoms with Crippen molar-refractivity contribution >= 4 is 22.5 Å². The van der Waals surface area contributed by atoms with E-state index in [0.29, 0.717) is 10.9 Å². The molecule has 0 spiro atoms. The molecule has 6 heteroatoms. The Bertz CT molecular complexity index is 1020. The highest BCUT2D eigenvalue weighted by Gasteiger charge is 2.20. The van der Waals surface area contributed by atoms with Gasteiger partial charge in [-0.1, -0.05) is 30.3 Å². The summed E-state index contributed by atoms with van der Waals surface area (Å²) in [5, 5.41) is 22.0. The number of phenols is 1. The van der Waals surface area contributed by atoms with Crippen LogP contribution in [0.5, 0.6) is 5.75 Å². The van der Waals surface area contributed by atoms with E-state index in [2.05, 4.69) is 10.3 Å². The van der Waals surface area contributed by atoms with Crippen LogP contribution in [0.2, 0.25) is 0 Å². The van der Waals surface area contributed by atoms with Crippen molar-refractivity contribution in [3.8, 4) is 11.8 Å². The Kier molecular flexibility index (Phi) is 3.53. The SMILES string of the molecule is N#Cc1c(C(=O)Nc2ccccc2O)c(=O)[nH]c2ccccc12. The van der Waals surface area contributed by atoms with Crippen LogP contribution in [-0.4, -0.2) is 16.0 Å². The van der Waals surface area contributed by atoms with Gasteiger partial charge in [0.25, 0.3) is 11.5 Å². The van der Waals surface area contributed by atoms with Crippen LogP contribution in [0.1, 0.15) is 15.9 Å². The molecule has 0 unspecified atom stereocenters. The fourth-order valence-electron chi connectivity index (χ4n) is 2.34. The molecule has 1 aromatic heterocycles. The van der Waals surface area contributed by atoms with E-state index >= 15 is 0 Å². The second kappa shape index (κ2) is 5.66. The van der Waals surface area contributed by atoms with Crippen LogP contribution >= 0.6 is 0 Å². The van der Waals surface area contributed by atoms with E-state index in [9.17, 15) is 20.0 Å². The lowest BCUT2D eigenvalue weighted by Crippen LogP contribution is -2.25. The number of nitriles is 1. The molecule has 0 aliphatic heterocycles. The molecule has 0 radical (unpaired) electrons. The lowest BCUT2D eigenvalue weighted by atomic mass is 10.0. The zero-order valence-corrected chi connectivity index (χ0v) is 11.8. The fourth-order valence-corrected chi connectivity index (χ4v) is 2.34. The number of fused-ring (bicyclic) bond motifs is 1. The smallest absolute Gasteiger partial charge is 0.262 e. The highest BCUT2D eigenvalue weighted by molar-refractivity contribution is 6.09. The maximum atomic E-state index is 12.4. The predicted molar refractivity (Wildman–Crippen MR) is 85.3 cm³/mol. The maximum Gasteiger partial charge on any atom is 0.262 e. The number of rotatable bonds is 2. The minimum absolute atomic E-state index is 0.00253. The summed E-state index contributed by atoms with van der Waals surface area (Å²) in [6.45, 7) is 0. The molecule has 0 saturated carbocycles. The monoisotopic (exact) mass is 305 g/mol. The molecule has 3 rings (SSSR count). The van der Waals surface area contributed by atoms with Gasteiger partial charge in [-0.05, 0) is 18.2 Å². The van der Waals surface area contributed by atoms with Crippen LogP contribution in [0, 0.1) is 11.3 Å². The number of carbonyl (C=O) groups is 1. The van der Waals surface area contributed by atoms with E-state index < -0.39 is 11.5 Å².